The van der Waals surface area contributed by atoms with Crippen molar-refractivity contribution in [3.05, 3.63) is 58.1 Å². The minimum absolute atomic E-state index is 0.299. The summed E-state index contributed by atoms with van der Waals surface area (Å²) >= 11 is 3.39. The Balaban J connectivity index is 2.12. The molecule has 2 aromatic carbocycles. The zero-order valence-corrected chi connectivity index (χ0v) is 15.8. The predicted octanol–water partition coefficient (Wildman–Crippen LogP) is 5.53. The highest BCUT2D eigenvalue weighted by atomic mass is 79.9. The highest BCUT2D eigenvalue weighted by Gasteiger charge is 2.15. The molecule has 0 bridgehead atoms. The fourth-order valence-corrected chi connectivity index (χ4v) is 2.76. The van der Waals surface area contributed by atoms with Crippen molar-refractivity contribution >= 4 is 27.5 Å². The Morgan fingerprint density at radius 2 is 2.00 bits per heavy atom. The highest BCUT2D eigenvalue weighted by Crippen LogP contribution is 2.25. The number of amides is 1. The van der Waals surface area contributed by atoms with Crippen molar-refractivity contribution in [2.75, 3.05) is 11.9 Å². The molecule has 1 amide bonds. The molecule has 0 fully saturated rings. The number of nitrogens with one attached hydrogen (secondary N) is 1. The maximum Gasteiger partial charge on any atom is 0.259 e. The van der Waals surface area contributed by atoms with Gasteiger partial charge in [-0.3, -0.25) is 4.79 Å². The number of nitriles is 1. The van der Waals surface area contributed by atoms with Crippen LogP contribution in [0.1, 0.15) is 48.5 Å². The fourth-order valence-electron chi connectivity index (χ4n) is 2.40. The maximum atomic E-state index is 12.7. The number of rotatable bonds is 8. The molecule has 25 heavy (non-hydrogen) atoms. The maximum absolute atomic E-state index is 12.7. The predicted molar refractivity (Wildman–Crippen MR) is 103 cm³/mol. The first-order valence-corrected chi connectivity index (χ1v) is 9.18. The molecule has 130 valence electrons. The first-order valence-electron chi connectivity index (χ1n) is 8.38. The van der Waals surface area contributed by atoms with Crippen LogP contribution in [0.2, 0.25) is 0 Å². The molecule has 0 saturated carbocycles. The van der Waals surface area contributed by atoms with Crippen LogP contribution in [0.25, 0.3) is 0 Å². The number of carbonyl (C=O) groups is 1. The quantitative estimate of drug-likeness (QED) is 0.592. The van der Waals surface area contributed by atoms with Gasteiger partial charge < -0.3 is 10.1 Å². The molecule has 0 aliphatic heterocycles. The molecule has 0 heterocycles. The van der Waals surface area contributed by atoms with Crippen LogP contribution in [0.15, 0.2) is 46.9 Å². The second kappa shape index (κ2) is 9.85. The monoisotopic (exact) mass is 400 g/mol. The molecular formula is C20H21BrN2O2. The minimum atomic E-state index is -0.299. The van der Waals surface area contributed by atoms with E-state index in [0.29, 0.717) is 29.2 Å². The Morgan fingerprint density at radius 1 is 1.20 bits per heavy atom. The zero-order chi connectivity index (χ0) is 18.1. The Hall–Kier alpha value is -2.32. The summed E-state index contributed by atoms with van der Waals surface area (Å²) in [5, 5.41) is 11.9. The van der Waals surface area contributed by atoms with Gasteiger partial charge in [0.05, 0.1) is 23.4 Å². The molecule has 0 saturated heterocycles. The average Bonchev–Trinajstić information content (AvgIpc) is 2.63. The van der Waals surface area contributed by atoms with Gasteiger partial charge >= 0.3 is 0 Å². The normalized spacial score (nSPS) is 10.1. The fraction of sp³-hybridized carbons (Fsp3) is 0.300. The van der Waals surface area contributed by atoms with Crippen molar-refractivity contribution in [3.8, 4) is 11.8 Å². The van der Waals surface area contributed by atoms with Crippen molar-refractivity contribution in [1.29, 1.82) is 5.26 Å². The molecular weight excluding hydrogens is 380 g/mol. The van der Waals surface area contributed by atoms with E-state index in [0.717, 1.165) is 17.3 Å². The van der Waals surface area contributed by atoms with E-state index in [9.17, 15) is 4.79 Å². The molecule has 0 spiro atoms. The van der Waals surface area contributed by atoms with E-state index in [1.165, 1.54) is 12.8 Å². The van der Waals surface area contributed by atoms with Crippen molar-refractivity contribution in [3.63, 3.8) is 0 Å². The van der Waals surface area contributed by atoms with Crippen LogP contribution in [0, 0.1) is 11.3 Å². The smallest absolute Gasteiger partial charge is 0.259 e. The standard InChI is InChI=1S/C20H21BrN2O2/c1-2-3-4-7-12-25-19-11-10-16(21)13-17(19)20(24)23-18-9-6-5-8-15(18)14-22/h5-6,8-11,13H,2-4,7,12H2,1H3,(H,23,24). The highest BCUT2D eigenvalue weighted by molar-refractivity contribution is 9.10. The third kappa shape index (κ3) is 5.61. The van der Waals surface area contributed by atoms with Gasteiger partial charge in [-0.15, -0.1) is 0 Å². The summed E-state index contributed by atoms with van der Waals surface area (Å²) in [5.74, 6) is 0.249. The van der Waals surface area contributed by atoms with Crippen LogP contribution in [-0.2, 0) is 0 Å². The molecule has 2 aromatic rings. The third-order valence-corrected chi connectivity index (χ3v) is 4.23. The van der Waals surface area contributed by atoms with Crippen LogP contribution in [0.5, 0.6) is 5.75 Å². The third-order valence-electron chi connectivity index (χ3n) is 3.74. The molecule has 4 nitrogen and oxygen atoms in total. The number of unbranched alkanes of at least 4 members (excludes halogenated alkanes) is 3. The number of hydrogen-bond acceptors (Lipinski definition) is 3. The number of ether oxygens (including phenoxy) is 1. The molecule has 0 aliphatic carbocycles. The molecule has 0 atom stereocenters. The molecule has 1 N–H and O–H groups in total. The molecule has 0 unspecified atom stereocenters. The van der Waals surface area contributed by atoms with Gasteiger partial charge in [0.1, 0.15) is 11.8 Å². The second-order valence-electron chi connectivity index (χ2n) is 5.66. The van der Waals surface area contributed by atoms with Crippen LogP contribution >= 0.6 is 15.9 Å². The van der Waals surface area contributed by atoms with Crippen LogP contribution < -0.4 is 10.1 Å². The van der Waals surface area contributed by atoms with Crippen LogP contribution in [0.4, 0.5) is 5.69 Å². The summed E-state index contributed by atoms with van der Waals surface area (Å²) in [6.07, 6.45) is 4.43. The van der Waals surface area contributed by atoms with E-state index in [2.05, 4.69) is 34.2 Å². The van der Waals surface area contributed by atoms with Crippen molar-refractivity contribution < 1.29 is 9.53 Å². The largest absolute Gasteiger partial charge is 0.493 e. The van der Waals surface area contributed by atoms with Gasteiger partial charge in [0, 0.05) is 4.47 Å². The summed E-state index contributed by atoms with van der Waals surface area (Å²) < 4.78 is 6.60. The summed E-state index contributed by atoms with van der Waals surface area (Å²) in [4.78, 5) is 12.7. The van der Waals surface area contributed by atoms with Gasteiger partial charge in [0.15, 0.2) is 0 Å². The first kappa shape index (κ1) is 19.0. The van der Waals surface area contributed by atoms with Crippen molar-refractivity contribution in [2.45, 2.75) is 32.6 Å². The Kier molecular flexibility index (Phi) is 7.49. The van der Waals surface area contributed by atoms with E-state index >= 15 is 0 Å². The SMILES string of the molecule is CCCCCCOc1ccc(Br)cc1C(=O)Nc1ccccc1C#N. The lowest BCUT2D eigenvalue weighted by Gasteiger charge is -2.13. The summed E-state index contributed by atoms with van der Waals surface area (Å²) in [7, 11) is 0. The van der Waals surface area contributed by atoms with Gasteiger partial charge in [-0.1, -0.05) is 54.2 Å². The summed E-state index contributed by atoms with van der Waals surface area (Å²) in [6, 6.07) is 14.4. The van der Waals surface area contributed by atoms with Gasteiger partial charge in [-0.05, 0) is 36.8 Å². The summed E-state index contributed by atoms with van der Waals surface area (Å²) in [6.45, 7) is 2.74. The van der Waals surface area contributed by atoms with E-state index in [1.54, 1.807) is 36.4 Å². The molecule has 2 rings (SSSR count). The lowest BCUT2D eigenvalue weighted by atomic mass is 10.1. The number of hydrogen-bond donors (Lipinski definition) is 1. The van der Waals surface area contributed by atoms with E-state index in [-0.39, 0.29) is 5.91 Å². The number of benzene rings is 2. The van der Waals surface area contributed by atoms with E-state index in [4.69, 9.17) is 10.00 Å². The molecule has 0 radical (unpaired) electrons. The lowest BCUT2D eigenvalue weighted by Crippen LogP contribution is -2.15. The lowest BCUT2D eigenvalue weighted by molar-refractivity contribution is 0.102. The topological polar surface area (TPSA) is 62.1 Å². The Morgan fingerprint density at radius 3 is 2.76 bits per heavy atom. The van der Waals surface area contributed by atoms with E-state index < -0.39 is 0 Å². The number of nitrogens with zero attached hydrogens (tertiary/aromatic N) is 1. The molecule has 0 aromatic heterocycles. The average molecular weight is 401 g/mol. The number of halogens is 1. The number of carbonyl (C=O) groups excluding carboxylic acids is 1. The first-order chi connectivity index (χ1) is 12.2. The van der Waals surface area contributed by atoms with Gasteiger partial charge in [-0.25, -0.2) is 0 Å². The Bertz CT molecular complexity index is 769. The van der Waals surface area contributed by atoms with Crippen molar-refractivity contribution in [1.82, 2.24) is 0 Å². The number of para-hydroxylation sites is 1. The second-order valence-corrected chi connectivity index (χ2v) is 6.58. The molecule has 5 heteroatoms. The van der Waals surface area contributed by atoms with Gasteiger partial charge in [0.2, 0.25) is 0 Å². The van der Waals surface area contributed by atoms with Crippen LogP contribution in [0.3, 0.4) is 0 Å². The van der Waals surface area contributed by atoms with Crippen molar-refractivity contribution in [2.24, 2.45) is 0 Å². The number of anilines is 1. The van der Waals surface area contributed by atoms with Crippen LogP contribution in [-0.4, -0.2) is 12.5 Å². The molecule has 0 aliphatic rings. The zero-order valence-electron chi connectivity index (χ0n) is 14.2. The van der Waals surface area contributed by atoms with E-state index in [1.807, 2.05) is 6.07 Å². The van der Waals surface area contributed by atoms with Gasteiger partial charge in [-0.2, -0.15) is 5.26 Å². The van der Waals surface area contributed by atoms with Gasteiger partial charge in [0.25, 0.3) is 5.91 Å². The Labute approximate surface area is 156 Å². The summed E-state index contributed by atoms with van der Waals surface area (Å²) in [5.41, 5.74) is 1.36. The minimum Gasteiger partial charge on any atom is -0.493 e.